The molecule has 0 aliphatic heterocycles. The summed E-state index contributed by atoms with van der Waals surface area (Å²) in [4.78, 5) is 15.8. The van der Waals surface area contributed by atoms with E-state index in [4.69, 9.17) is 9.47 Å². The highest BCUT2D eigenvalue weighted by molar-refractivity contribution is 5.87. The van der Waals surface area contributed by atoms with Crippen LogP contribution in [0.2, 0.25) is 0 Å². The van der Waals surface area contributed by atoms with E-state index in [9.17, 15) is 4.79 Å². The zero-order chi connectivity index (χ0) is 19.3. The number of hydrogen-bond acceptors (Lipinski definition) is 3. The number of fused-ring (bicyclic) bond motifs is 1. The van der Waals surface area contributed by atoms with E-state index in [0.717, 1.165) is 33.5 Å². The third-order valence-electron chi connectivity index (χ3n) is 4.74. The van der Waals surface area contributed by atoms with Crippen LogP contribution in [-0.4, -0.2) is 18.1 Å². The van der Waals surface area contributed by atoms with Gasteiger partial charge in [-0.2, -0.15) is 0 Å². The third-order valence-corrected chi connectivity index (χ3v) is 4.74. The van der Waals surface area contributed by atoms with Gasteiger partial charge in [0.25, 0.3) is 0 Å². The molecule has 4 nitrogen and oxygen atoms in total. The Morgan fingerprint density at radius 3 is 2.36 bits per heavy atom. The van der Waals surface area contributed by atoms with Crippen LogP contribution in [0.5, 0.6) is 5.75 Å². The van der Waals surface area contributed by atoms with Crippen LogP contribution in [0.25, 0.3) is 10.9 Å². The normalized spacial score (nSPS) is 11.9. The van der Waals surface area contributed by atoms with Crippen molar-refractivity contribution in [1.82, 2.24) is 4.98 Å². The number of methoxy groups -OCH3 is 1. The molecule has 0 saturated heterocycles. The molecule has 4 rings (SSSR count). The van der Waals surface area contributed by atoms with Crippen molar-refractivity contribution in [3.05, 3.63) is 102 Å². The first-order valence-electron chi connectivity index (χ1n) is 9.17. The van der Waals surface area contributed by atoms with E-state index in [-0.39, 0.29) is 5.97 Å². The third kappa shape index (κ3) is 3.76. The lowest BCUT2D eigenvalue weighted by Crippen LogP contribution is -2.15. The van der Waals surface area contributed by atoms with Gasteiger partial charge >= 0.3 is 5.97 Å². The number of carbonyl (C=O) groups is 1. The standard InChI is InChI=1S/C24H21NO3/c1-27-24(26)23(18-10-6-3-7-11-18)22-15-19-14-20(12-13-21(19)25-22)28-16-17-8-4-2-5-9-17/h2-15,23,25H,16H2,1H3. The molecule has 1 N–H and O–H groups in total. The average molecular weight is 371 g/mol. The number of hydrogen-bond donors (Lipinski definition) is 1. The van der Waals surface area contributed by atoms with E-state index in [2.05, 4.69) is 4.98 Å². The molecule has 1 heterocycles. The summed E-state index contributed by atoms with van der Waals surface area (Å²) < 4.78 is 11.0. The van der Waals surface area contributed by atoms with Gasteiger partial charge < -0.3 is 14.5 Å². The van der Waals surface area contributed by atoms with Crippen molar-refractivity contribution >= 4 is 16.9 Å². The molecule has 0 saturated carbocycles. The van der Waals surface area contributed by atoms with Crippen LogP contribution >= 0.6 is 0 Å². The van der Waals surface area contributed by atoms with Crippen LogP contribution < -0.4 is 4.74 Å². The van der Waals surface area contributed by atoms with E-state index in [1.54, 1.807) is 0 Å². The first-order chi connectivity index (χ1) is 13.7. The van der Waals surface area contributed by atoms with Gasteiger partial charge in [-0.1, -0.05) is 60.7 Å². The Balaban J connectivity index is 1.62. The maximum Gasteiger partial charge on any atom is 0.319 e. The SMILES string of the molecule is COC(=O)C(c1ccccc1)c1cc2cc(OCc3ccccc3)ccc2[nH]1. The van der Waals surface area contributed by atoms with Crippen LogP contribution in [-0.2, 0) is 16.1 Å². The van der Waals surface area contributed by atoms with E-state index in [0.29, 0.717) is 6.61 Å². The van der Waals surface area contributed by atoms with Gasteiger partial charge in [-0.15, -0.1) is 0 Å². The highest BCUT2D eigenvalue weighted by atomic mass is 16.5. The Bertz CT molecular complexity index is 1070. The molecule has 0 radical (unpaired) electrons. The molecule has 1 atom stereocenters. The molecule has 0 aliphatic rings. The van der Waals surface area contributed by atoms with Crippen molar-refractivity contribution in [3.63, 3.8) is 0 Å². The molecule has 28 heavy (non-hydrogen) atoms. The van der Waals surface area contributed by atoms with Crippen molar-refractivity contribution in [2.75, 3.05) is 7.11 Å². The predicted molar refractivity (Wildman–Crippen MR) is 109 cm³/mol. The number of aromatic amines is 1. The minimum absolute atomic E-state index is 0.293. The van der Waals surface area contributed by atoms with Gasteiger partial charge in [0, 0.05) is 16.6 Å². The molecular formula is C24H21NO3. The number of ether oxygens (including phenoxy) is 2. The second-order valence-corrected chi connectivity index (χ2v) is 6.61. The average Bonchev–Trinajstić information content (AvgIpc) is 3.16. The first kappa shape index (κ1) is 17.9. The summed E-state index contributed by atoms with van der Waals surface area (Å²) in [6, 6.07) is 27.6. The molecular weight excluding hydrogens is 350 g/mol. The van der Waals surface area contributed by atoms with Gasteiger partial charge in [0.2, 0.25) is 0 Å². The minimum Gasteiger partial charge on any atom is -0.489 e. The minimum atomic E-state index is -0.493. The quantitative estimate of drug-likeness (QED) is 0.483. The Morgan fingerprint density at radius 1 is 0.929 bits per heavy atom. The molecule has 4 heteroatoms. The van der Waals surface area contributed by atoms with Crippen molar-refractivity contribution in [2.24, 2.45) is 0 Å². The lowest BCUT2D eigenvalue weighted by molar-refractivity contribution is -0.141. The zero-order valence-electron chi connectivity index (χ0n) is 15.6. The number of carbonyl (C=O) groups excluding carboxylic acids is 1. The largest absolute Gasteiger partial charge is 0.489 e. The summed E-state index contributed by atoms with van der Waals surface area (Å²) in [5.41, 5.74) is 3.76. The molecule has 140 valence electrons. The van der Waals surface area contributed by atoms with E-state index < -0.39 is 5.92 Å². The Morgan fingerprint density at radius 2 is 1.64 bits per heavy atom. The summed E-state index contributed by atoms with van der Waals surface area (Å²) in [7, 11) is 1.41. The van der Waals surface area contributed by atoms with Crippen molar-refractivity contribution in [3.8, 4) is 5.75 Å². The highest BCUT2D eigenvalue weighted by Gasteiger charge is 2.25. The van der Waals surface area contributed by atoms with E-state index >= 15 is 0 Å². The number of nitrogens with one attached hydrogen (secondary N) is 1. The van der Waals surface area contributed by atoms with Gasteiger partial charge in [0.1, 0.15) is 18.3 Å². The second kappa shape index (κ2) is 8.01. The fourth-order valence-corrected chi connectivity index (χ4v) is 3.33. The first-order valence-corrected chi connectivity index (χ1v) is 9.17. The number of esters is 1. The molecule has 0 bridgehead atoms. The molecule has 1 aromatic heterocycles. The van der Waals surface area contributed by atoms with Crippen LogP contribution in [0.3, 0.4) is 0 Å². The Kier molecular flexibility index (Phi) is 5.11. The van der Waals surface area contributed by atoms with Gasteiger partial charge in [0.05, 0.1) is 7.11 Å². The molecule has 4 aromatic rings. The van der Waals surface area contributed by atoms with Crippen LogP contribution in [0, 0.1) is 0 Å². The number of benzene rings is 3. The van der Waals surface area contributed by atoms with Gasteiger partial charge in [-0.3, -0.25) is 4.79 Å². The van der Waals surface area contributed by atoms with Crippen molar-refractivity contribution in [1.29, 1.82) is 0 Å². The monoisotopic (exact) mass is 371 g/mol. The lowest BCUT2D eigenvalue weighted by Gasteiger charge is -2.13. The summed E-state index contributed by atoms with van der Waals surface area (Å²) in [6.07, 6.45) is 0. The summed E-state index contributed by atoms with van der Waals surface area (Å²) >= 11 is 0. The van der Waals surface area contributed by atoms with Crippen LogP contribution in [0.4, 0.5) is 0 Å². The molecule has 3 aromatic carbocycles. The molecule has 0 fully saturated rings. The van der Waals surface area contributed by atoms with Gasteiger partial charge in [0.15, 0.2) is 0 Å². The van der Waals surface area contributed by atoms with Crippen molar-refractivity contribution < 1.29 is 14.3 Å². The second-order valence-electron chi connectivity index (χ2n) is 6.61. The summed E-state index contributed by atoms with van der Waals surface area (Å²) in [6.45, 7) is 0.512. The Hall–Kier alpha value is -3.53. The zero-order valence-corrected chi connectivity index (χ0v) is 15.6. The maximum atomic E-state index is 12.4. The van der Waals surface area contributed by atoms with E-state index in [1.807, 2.05) is 84.9 Å². The van der Waals surface area contributed by atoms with Crippen LogP contribution in [0.1, 0.15) is 22.7 Å². The summed E-state index contributed by atoms with van der Waals surface area (Å²) in [5, 5.41) is 0.991. The predicted octanol–water partition coefficient (Wildman–Crippen LogP) is 5.05. The summed E-state index contributed by atoms with van der Waals surface area (Å²) in [5.74, 6) is 0.00169. The number of H-pyrrole nitrogens is 1. The number of aromatic nitrogens is 1. The molecule has 0 spiro atoms. The highest BCUT2D eigenvalue weighted by Crippen LogP contribution is 2.30. The fraction of sp³-hybridized carbons (Fsp3) is 0.125. The van der Waals surface area contributed by atoms with Gasteiger partial charge in [-0.25, -0.2) is 0 Å². The van der Waals surface area contributed by atoms with E-state index in [1.165, 1.54) is 7.11 Å². The topological polar surface area (TPSA) is 51.3 Å². The lowest BCUT2D eigenvalue weighted by atomic mass is 9.96. The fourth-order valence-electron chi connectivity index (χ4n) is 3.33. The maximum absolute atomic E-state index is 12.4. The number of rotatable bonds is 6. The molecule has 0 amide bonds. The Labute approximate surface area is 163 Å². The van der Waals surface area contributed by atoms with Crippen LogP contribution in [0.15, 0.2) is 84.9 Å². The smallest absolute Gasteiger partial charge is 0.319 e. The molecule has 1 unspecified atom stereocenters. The van der Waals surface area contributed by atoms with Gasteiger partial charge in [-0.05, 0) is 35.4 Å². The van der Waals surface area contributed by atoms with Crippen molar-refractivity contribution in [2.45, 2.75) is 12.5 Å². The molecule has 0 aliphatic carbocycles.